The van der Waals surface area contributed by atoms with Crippen LogP contribution < -0.4 is 10.6 Å². The van der Waals surface area contributed by atoms with Gasteiger partial charge in [-0.2, -0.15) is 0 Å². The van der Waals surface area contributed by atoms with E-state index in [-0.39, 0.29) is 18.9 Å². The van der Waals surface area contributed by atoms with Crippen LogP contribution in [0.1, 0.15) is 30.7 Å². The molecular weight excluding hydrogens is 320 g/mol. The number of carbonyl (C=O) groups is 3. The zero-order chi connectivity index (χ0) is 16.0. The van der Waals surface area contributed by atoms with Crippen LogP contribution in [0.2, 0.25) is 4.34 Å². The Morgan fingerprint density at radius 1 is 1.29 bits per heavy atom. The van der Waals surface area contributed by atoms with Gasteiger partial charge in [-0.1, -0.05) is 11.6 Å². The maximum absolute atomic E-state index is 11.7. The summed E-state index contributed by atoms with van der Waals surface area (Å²) in [4.78, 5) is 34.0. The molecular formula is C12H15ClN2O5S. The van der Waals surface area contributed by atoms with Crippen molar-refractivity contribution in [3.63, 3.8) is 0 Å². The Morgan fingerprint density at radius 2 is 1.95 bits per heavy atom. The van der Waals surface area contributed by atoms with Crippen LogP contribution >= 0.6 is 22.9 Å². The van der Waals surface area contributed by atoms with Gasteiger partial charge in [-0.3, -0.25) is 4.79 Å². The van der Waals surface area contributed by atoms with Crippen LogP contribution in [0.4, 0.5) is 4.79 Å². The summed E-state index contributed by atoms with van der Waals surface area (Å²) in [5.74, 6) is -2.40. The van der Waals surface area contributed by atoms with Gasteiger partial charge in [0.05, 0.1) is 10.4 Å². The van der Waals surface area contributed by atoms with Gasteiger partial charge in [0, 0.05) is 11.3 Å². The van der Waals surface area contributed by atoms with E-state index in [2.05, 4.69) is 10.6 Å². The molecule has 0 radical (unpaired) electrons. The lowest BCUT2D eigenvalue weighted by Gasteiger charge is -2.17. The maximum Gasteiger partial charge on any atom is 0.326 e. The fraction of sp³-hybridized carbons (Fsp3) is 0.417. The molecule has 2 amide bonds. The third kappa shape index (κ3) is 6.01. The molecule has 0 aliphatic rings. The summed E-state index contributed by atoms with van der Waals surface area (Å²) in [5, 5.41) is 22.3. The van der Waals surface area contributed by atoms with Crippen molar-refractivity contribution in [2.75, 3.05) is 0 Å². The minimum absolute atomic E-state index is 0.183. The Morgan fingerprint density at radius 3 is 2.43 bits per heavy atom. The van der Waals surface area contributed by atoms with E-state index in [0.29, 0.717) is 4.34 Å². The number of thiophene rings is 1. The molecule has 1 heterocycles. The number of hydrogen-bond donors (Lipinski definition) is 4. The lowest BCUT2D eigenvalue weighted by Crippen LogP contribution is -2.46. The average Bonchev–Trinajstić information content (AvgIpc) is 2.80. The Balaban J connectivity index is 2.53. The first-order valence-electron chi connectivity index (χ1n) is 6.06. The summed E-state index contributed by atoms with van der Waals surface area (Å²) < 4.78 is 0.587. The third-order valence-electron chi connectivity index (χ3n) is 2.62. The molecule has 0 aliphatic carbocycles. The van der Waals surface area contributed by atoms with Gasteiger partial charge in [-0.15, -0.1) is 11.3 Å². The van der Waals surface area contributed by atoms with Crippen LogP contribution in [0.25, 0.3) is 0 Å². The Kier molecular flexibility index (Phi) is 6.44. The summed E-state index contributed by atoms with van der Waals surface area (Å²) in [6.07, 6.45) is -0.523. The number of nitrogens with one attached hydrogen (secondary N) is 2. The predicted octanol–water partition coefficient (Wildman–Crippen LogP) is 2.08. The van der Waals surface area contributed by atoms with Gasteiger partial charge in [0.15, 0.2) is 0 Å². The zero-order valence-corrected chi connectivity index (χ0v) is 12.7. The molecule has 0 saturated heterocycles. The molecule has 1 unspecified atom stereocenters. The molecule has 7 nitrogen and oxygen atoms in total. The molecule has 1 aromatic rings. The van der Waals surface area contributed by atoms with Crippen molar-refractivity contribution >= 4 is 40.9 Å². The first-order chi connectivity index (χ1) is 9.79. The lowest BCUT2D eigenvalue weighted by molar-refractivity contribution is -0.140. The zero-order valence-electron chi connectivity index (χ0n) is 11.1. The van der Waals surface area contributed by atoms with E-state index in [1.165, 1.54) is 11.3 Å². The van der Waals surface area contributed by atoms with Gasteiger partial charge in [0.25, 0.3) is 0 Å². The van der Waals surface area contributed by atoms with Gasteiger partial charge in [0.1, 0.15) is 6.04 Å². The van der Waals surface area contributed by atoms with Crippen LogP contribution in [0.3, 0.4) is 0 Å². The number of halogens is 1. The van der Waals surface area contributed by atoms with Crippen LogP contribution in [0.5, 0.6) is 0 Å². The monoisotopic (exact) mass is 334 g/mol. The van der Waals surface area contributed by atoms with Crippen molar-refractivity contribution in [3.8, 4) is 0 Å². The highest BCUT2D eigenvalue weighted by molar-refractivity contribution is 7.16. The van der Waals surface area contributed by atoms with E-state index < -0.39 is 24.0 Å². The molecule has 2 atom stereocenters. The van der Waals surface area contributed by atoms with E-state index in [4.69, 9.17) is 21.8 Å². The number of rotatable bonds is 7. The molecule has 0 spiro atoms. The van der Waals surface area contributed by atoms with Crippen molar-refractivity contribution in [2.24, 2.45) is 0 Å². The van der Waals surface area contributed by atoms with E-state index >= 15 is 0 Å². The molecule has 116 valence electrons. The quantitative estimate of drug-likeness (QED) is 0.609. The minimum atomic E-state index is -1.28. The number of urea groups is 1. The van der Waals surface area contributed by atoms with Gasteiger partial charge in [0.2, 0.25) is 0 Å². The molecule has 0 fully saturated rings. The van der Waals surface area contributed by atoms with Crippen LogP contribution in [0, 0.1) is 0 Å². The van der Waals surface area contributed by atoms with Crippen molar-refractivity contribution in [2.45, 2.75) is 31.8 Å². The molecule has 0 saturated carbocycles. The molecule has 1 aromatic heterocycles. The smallest absolute Gasteiger partial charge is 0.326 e. The molecule has 0 aromatic carbocycles. The summed E-state index contributed by atoms with van der Waals surface area (Å²) in [5.41, 5.74) is 0. The van der Waals surface area contributed by atoms with E-state index in [1.807, 2.05) is 0 Å². The number of carboxylic acids is 2. The first-order valence-corrected chi connectivity index (χ1v) is 7.26. The van der Waals surface area contributed by atoms with Gasteiger partial charge in [-0.25, -0.2) is 9.59 Å². The number of aliphatic carboxylic acids is 2. The van der Waals surface area contributed by atoms with Crippen molar-refractivity contribution in [1.29, 1.82) is 0 Å². The fourth-order valence-corrected chi connectivity index (χ4v) is 2.62. The normalized spacial score (nSPS) is 13.2. The summed E-state index contributed by atoms with van der Waals surface area (Å²) in [7, 11) is 0. The number of carbonyl (C=O) groups excluding carboxylic acids is 1. The van der Waals surface area contributed by atoms with Crippen molar-refractivity contribution in [3.05, 3.63) is 21.3 Å². The molecule has 21 heavy (non-hydrogen) atoms. The van der Waals surface area contributed by atoms with Crippen molar-refractivity contribution in [1.82, 2.24) is 10.6 Å². The highest BCUT2D eigenvalue weighted by Crippen LogP contribution is 2.26. The second-order valence-electron chi connectivity index (χ2n) is 4.30. The van der Waals surface area contributed by atoms with Crippen molar-refractivity contribution < 1.29 is 24.6 Å². The molecule has 0 aliphatic heterocycles. The molecule has 9 heteroatoms. The number of hydrogen-bond acceptors (Lipinski definition) is 4. The highest BCUT2D eigenvalue weighted by atomic mass is 35.5. The van der Waals surface area contributed by atoms with E-state index in [9.17, 15) is 14.4 Å². The third-order valence-corrected chi connectivity index (χ3v) is 4.03. The molecule has 0 bridgehead atoms. The Labute approximate surface area is 129 Å². The predicted molar refractivity (Wildman–Crippen MR) is 77.7 cm³/mol. The van der Waals surface area contributed by atoms with E-state index in [1.54, 1.807) is 19.1 Å². The van der Waals surface area contributed by atoms with Crippen LogP contribution in [-0.4, -0.2) is 34.2 Å². The first kappa shape index (κ1) is 17.3. The Hall–Kier alpha value is -1.80. The fourth-order valence-electron chi connectivity index (χ4n) is 1.55. The topological polar surface area (TPSA) is 116 Å². The highest BCUT2D eigenvalue weighted by Gasteiger charge is 2.22. The largest absolute Gasteiger partial charge is 0.481 e. The Bertz CT molecular complexity index is 533. The lowest BCUT2D eigenvalue weighted by atomic mass is 10.1. The number of carboxylic acid groups (broad SMARTS) is 2. The second-order valence-corrected chi connectivity index (χ2v) is 6.05. The summed E-state index contributed by atoms with van der Waals surface area (Å²) >= 11 is 7.10. The standard InChI is InChI=1S/C12H15ClN2O5S/c1-6(8-3-4-9(13)21-8)14-12(20)15-7(11(18)19)2-5-10(16)17/h3-4,6-7H,2,5H2,1H3,(H,16,17)(H,18,19)(H2,14,15,20)/t6?,7-/m0/s1. The number of amides is 2. The molecule has 1 rings (SSSR count). The minimum Gasteiger partial charge on any atom is -0.481 e. The van der Waals surface area contributed by atoms with Crippen LogP contribution in [-0.2, 0) is 9.59 Å². The summed E-state index contributed by atoms with van der Waals surface area (Å²) in [6.45, 7) is 1.73. The maximum atomic E-state index is 11.7. The van der Waals surface area contributed by atoms with Gasteiger partial charge < -0.3 is 20.8 Å². The van der Waals surface area contributed by atoms with Gasteiger partial charge >= 0.3 is 18.0 Å². The van der Waals surface area contributed by atoms with E-state index in [0.717, 1.165) is 4.88 Å². The second kappa shape index (κ2) is 7.84. The summed E-state index contributed by atoms with van der Waals surface area (Å²) in [6, 6.07) is 1.20. The SMILES string of the molecule is CC(NC(=O)N[C@@H](CCC(=O)O)C(=O)O)c1ccc(Cl)s1. The average molecular weight is 335 g/mol. The molecule has 4 N–H and O–H groups in total. The van der Waals surface area contributed by atoms with Gasteiger partial charge in [-0.05, 0) is 25.5 Å². The van der Waals surface area contributed by atoms with Crippen LogP contribution in [0.15, 0.2) is 12.1 Å².